The van der Waals surface area contributed by atoms with Crippen LogP contribution in [-0.2, 0) is 43.1 Å². The molecule has 3 aromatic rings. The predicted octanol–water partition coefficient (Wildman–Crippen LogP) is 2.80. The molecule has 0 aliphatic heterocycles. The van der Waals surface area contributed by atoms with Gasteiger partial charge >= 0.3 is 193 Å². The van der Waals surface area contributed by atoms with Crippen LogP contribution < -0.4 is 15.4 Å². The molecule has 13 nitrogen and oxygen atoms in total. The van der Waals surface area contributed by atoms with Crippen LogP contribution in [0.15, 0.2) is 30.6 Å². The first-order valence-electron chi connectivity index (χ1n) is 11.8. The molecule has 1 saturated carbocycles. The molecular formula is C24H26N7O6Zn. The Kier molecular flexibility index (Phi) is 8.00. The van der Waals surface area contributed by atoms with Gasteiger partial charge in [-0.2, -0.15) is 0 Å². The van der Waals surface area contributed by atoms with Crippen LogP contribution in [0.1, 0.15) is 44.1 Å². The molecule has 0 atom stereocenters. The second-order valence-corrected chi connectivity index (χ2v) is 10.2. The van der Waals surface area contributed by atoms with Crippen molar-refractivity contribution >= 4 is 35.0 Å². The fraction of sp³-hybridized carbons (Fsp3) is 0.375. The van der Waals surface area contributed by atoms with E-state index in [1.165, 1.54) is 24.2 Å². The third-order valence-corrected chi connectivity index (χ3v) is 5.84. The molecule has 195 valence electrons. The number of aromatic nitrogens is 5. The zero-order chi connectivity index (χ0) is 27.4. The Bertz CT molecular complexity index is 1370. The second-order valence-electron chi connectivity index (χ2n) is 9.55. The van der Waals surface area contributed by atoms with Crippen LogP contribution in [-0.4, -0.2) is 55.5 Å². The molecular weight excluding hydrogens is 548 g/mol. The molecule has 0 bridgehead atoms. The van der Waals surface area contributed by atoms with Crippen molar-refractivity contribution in [2.45, 2.75) is 45.8 Å². The van der Waals surface area contributed by atoms with Gasteiger partial charge in [0.25, 0.3) is 0 Å². The van der Waals surface area contributed by atoms with Gasteiger partial charge in [0, 0.05) is 0 Å². The number of esters is 1. The number of benzene rings is 1. The number of hydrogen-bond acceptors (Lipinski definition) is 11. The van der Waals surface area contributed by atoms with Crippen molar-refractivity contribution < 1.29 is 46.1 Å². The van der Waals surface area contributed by atoms with Crippen molar-refractivity contribution in [1.29, 1.82) is 0 Å². The summed E-state index contributed by atoms with van der Waals surface area (Å²) in [5.41, 5.74) is 0.617. The topological polar surface area (TPSA) is 159 Å². The third kappa shape index (κ3) is 6.68. The standard InChI is InChI=1S/C24H27N7O6.Zn/c1-24(2,3)37-18(32)11-31-12-25-21(30-31)14-6-5-7-15(20(14)36-4)26-16-10-17(27-22(33)13-8-9-13)28-29-19(16)23(34)35;/h5-7,10,12-13H,8-9,11H2,1-4H3,(H,34,35)(H2,26,27,28,33);/q;+1/p-1. The molecule has 2 heterocycles. The molecule has 1 aliphatic carbocycles. The van der Waals surface area contributed by atoms with Gasteiger partial charge in [-0.3, -0.25) is 4.79 Å². The molecule has 38 heavy (non-hydrogen) atoms. The van der Waals surface area contributed by atoms with E-state index in [1.807, 2.05) is 0 Å². The molecule has 1 fully saturated rings. The number of nitrogens with zero attached hydrogens (tertiary/aromatic N) is 5. The zero-order valence-electron chi connectivity index (χ0n) is 21.5. The molecule has 0 unspecified atom stereocenters. The van der Waals surface area contributed by atoms with E-state index in [0.717, 1.165) is 12.8 Å². The van der Waals surface area contributed by atoms with Crippen LogP contribution in [0.4, 0.5) is 17.2 Å². The summed E-state index contributed by atoms with van der Waals surface area (Å²) < 4.78 is 17.3. The van der Waals surface area contributed by atoms with E-state index in [-0.39, 0.29) is 54.2 Å². The van der Waals surface area contributed by atoms with Crippen molar-refractivity contribution in [2.24, 2.45) is 5.92 Å². The molecule has 0 saturated heterocycles. The number of methoxy groups -OCH3 is 1. The first-order chi connectivity index (χ1) is 18.1. The molecule has 0 radical (unpaired) electrons. The second kappa shape index (κ2) is 11.2. The zero-order valence-corrected chi connectivity index (χ0v) is 24.4. The molecule has 1 aliphatic rings. The van der Waals surface area contributed by atoms with Gasteiger partial charge in [0.2, 0.25) is 0 Å². The quantitative estimate of drug-likeness (QED) is 0.286. The van der Waals surface area contributed by atoms with Gasteiger partial charge < -0.3 is 4.74 Å². The maximum absolute atomic E-state index is 12.4. The van der Waals surface area contributed by atoms with E-state index in [2.05, 4.69) is 30.9 Å². The Hall–Kier alpha value is -3.93. The minimum atomic E-state index is -0.655. The van der Waals surface area contributed by atoms with Gasteiger partial charge in [-0.15, -0.1) is 0 Å². The van der Waals surface area contributed by atoms with Crippen LogP contribution in [0.25, 0.3) is 11.4 Å². The van der Waals surface area contributed by atoms with Gasteiger partial charge in [0.1, 0.15) is 5.60 Å². The molecule has 2 N–H and O–H groups in total. The van der Waals surface area contributed by atoms with E-state index >= 15 is 0 Å². The van der Waals surface area contributed by atoms with E-state index in [9.17, 15) is 14.4 Å². The Balaban J connectivity index is 1.62. The average molecular weight is 574 g/mol. The van der Waals surface area contributed by atoms with Gasteiger partial charge in [-0.1, -0.05) is 0 Å². The van der Waals surface area contributed by atoms with Crippen LogP contribution in [0, 0.1) is 5.92 Å². The molecule has 1 aromatic carbocycles. The van der Waals surface area contributed by atoms with Crippen LogP contribution >= 0.6 is 0 Å². The first kappa shape index (κ1) is 27.1. The molecule has 1 amide bonds. The summed E-state index contributed by atoms with van der Waals surface area (Å²) >= 11 is 0.274. The summed E-state index contributed by atoms with van der Waals surface area (Å²) in [7, 11) is 1.49. The first-order valence-corrected chi connectivity index (χ1v) is 13.0. The Morgan fingerprint density at radius 1 is 1.16 bits per heavy atom. The van der Waals surface area contributed by atoms with Crippen molar-refractivity contribution in [3.8, 4) is 17.1 Å². The Morgan fingerprint density at radius 3 is 2.58 bits per heavy atom. The van der Waals surface area contributed by atoms with Crippen molar-refractivity contribution in [1.82, 2.24) is 25.0 Å². The molecule has 14 heteroatoms. The summed E-state index contributed by atoms with van der Waals surface area (Å²) in [5, 5.41) is 18.2. The number of hydrogen-bond donors (Lipinski definition) is 2. The Labute approximate surface area is 228 Å². The normalized spacial score (nSPS) is 13.0. The van der Waals surface area contributed by atoms with Crippen molar-refractivity contribution in [3.63, 3.8) is 0 Å². The van der Waals surface area contributed by atoms with Crippen molar-refractivity contribution in [2.75, 3.05) is 17.7 Å². The Morgan fingerprint density at radius 2 is 1.92 bits per heavy atom. The van der Waals surface area contributed by atoms with E-state index in [1.54, 1.807) is 39.0 Å². The summed E-state index contributed by atoms with van der Waals surface area (Å²) in [4.78, 5) is 41.1. The van der Waals surface area contributed by atoms with Gasteiger partial charge in [-0.05, 0) is 20.8 Å². The van der Waals surface area contributed by atoms with Crippen LogP contribution in [0.3, 0.4) is 0 Å². The van der Waals surface area contributed by atoms with Crippen LogP contribution in [0.2, 0.25) is 0 Å². The summed E-state index contributed by atoms with van der Waals surface area (Å²) in [6.45, 7) is 5.26. The molecule has 0 spiro atoms. The van der Waals surface area contributed by atoms with Crippen LogP contribution in [0.5, 0.6) is 5.75 Å². The van der Waals surface area contributed by atoms with E-state index in [0.29, 0.717) is 22.8 Å². The number of anilines is 3. The number of ether oxygens (including phenoxy) is 2. The monoisotopic (exact) mass is 572 g/mol. The fourth-order valence-electron chi connectivity index (χ4n) is 3.52. The number of rotatable bonds is 9. The average Bonchev–Trinajstić information content (AvgIpc) is 3.62. The van der Waals surface area contributed by atoms with Gasteiger partial charge in [-0.25, -0.2) is 0 Å². The maximum atomic E-state index is 12.4. The van der Waals surface area contributed by atoms with E-state index in [4.69, 9.17) is 13.0 Å². The number of carbonyl (C=O) groups excluding carboxylic acids is 3. The summed E-state index contributed by atoms with van der Waals surface area (Å²) in [6, 6.07) is 6.76. The summed E-state index contributed by atoms with van der Waals surface area (Å²) in [6.07, 6.45) is 3.10. The number of nitrogens with one attached hydrogen (secondary N) is 2. The fourth-order valence-corrected chi connectivity index (χ4v) is 3.80. The number of carbonyl (C=O) groups is 3. The van der Waals surface area contributed by atoms with Gasteiger partial charge in [0.15, 0.2) is 0 Å². The number of amides is 1. The summed E-state index contributed by atoms with van der Waals surface area (Å²) in [5.74, 6) is -0.369. The van der Waals surface area contributed by atoms with Gasteiger partial charge in [0.05, 0.1) is 0 Å². The predicted molar refractivity (Wildman–Crippen MR) is 130 cm³/mol. The van der Waals surface area contributed by atoms with Crippen molar-refractivity contribution in [3.05, 3.63) is 36.3 Å². The minimum absolute atomic E-state index is 0.0294. The molecule has 4 rings (SSSR count). The molecule has 2 aromatic heterocycles. The third-order valence-electron chi connectivity index (χ3n) is 5.29. The number of para-hydroxylation sites is 1. The SMILES string of the molecule is COc1c(Nc2cc(NC(=O)C3CC3)nnc2C(=O)[O][Zn])cccc1-c1ncn(CC(=O)OC(C)(C)C)n1. The van der Waals surface area contributed by atoms with E-state index < -0.39 is 17.5 Å².